The van der Waals surface area contributed by atoms with Crippen LogP contribution < -0.4 is 11.1 Å². The summed E-state index contributed by atoms with van der Waals surface area (Å²) in [6.07, 6.45) is 0. The number of hydrogen-bond acceptors (Lipinski definition) is 4. The number of amides is 2. The number of anilines is 1. The Kier molecular flexibility index (Phi) is 4.11. The summed E-state index contributed by atoms with van der Waals surface area (Å²) < 4.78 is 4.20. The van der Waals surface area contributed by atoms with Gasteiger partial charge in [0.2, 0.25) is 5.91 Å². The predicted octanol–water partition coefficient (Wildman–Crippen LogP) is 2.35. The van der Waals surface area contributed by atoms with Gasteiger partial charge in [-0.15, -0.1) is 0 Å². The minimum absolute atomic E-state index is 0.0871. The summed E-state index contributed by atoms with van der Waals surface area (Å²) in [6.45, 7) is 9.26. The number of nitrogens with one attached hydrogen (secondary N) is 1. The summed E-state index contributed by atoms with van der Waals surface area (Å²) in [5.41, 5.74) is 5.79. The molecule has 0 radical (unpaired) electrons. The first-order valence-electron chi connectivity index (χ1n) is 5.75. The van der Waals surface area contributed by atoms with Crippen molar-refractivity contribution >= 4 is 28.3 Å². The first-order chi connectivity index (χ1) is 8.14. The van der Waals surface area contributed by atoms with Crippen LogP contribution in [0.3, 0.4) is 0 Å². The largest absolute Gasteiger partial charge is 0.365 e. The number of primary amides is 1. The van der Waals surface area contributed by atoms with Crippen LogP contribution in [0.1, 0.15) is 56.6 Å². The van der Waals surface area contributed by atoms with E-state index in [1.807, 2.05) is 13.8 Å². The topological polar surface area (TPSA) is 85.1 Å². The van der Waals surface area contributed by atoms with E-state index < -0.39 is 11.3 Å². The Balaban J connectivity index is 3.11. The smallest absolute Gasteiger partial charge is 0.253 e. The fraction of sp³-hybridized carbons (Fsp3) is 0.583. The van der Waals surface area contributed by atoms with Gasteiger partial charge in [0.15, 0.2) is 0 Å². The van der Waals surface area contributed by atoms with Crippen LogP contribution >= 0.6 is 11.5 Å². The van der Waals surface area contributed by atoms with Gasteiger partial charge in [-0.2, -0.15) is 4.37 Å². The highest BCUT2D eigenvalue weighted by Gasteiger charge is 2.26. The minimum atomic E-state index is -0.559. The number of carbonyl (C=O) groups is 2. The molecule has 18 heavy (non-hydrogen) atoms. The molecule has 0 saturated carbocycles. The van der Waals surface area contributed by atoms with E-state index >= 15 is 0 Å². The van der Waals surface area contributed by atoms with Crippen LogP contribution in [0.15, 0.2) is 0 Å². The van der Waals surface area contributed by atoms with E-state index in [9.17, 15) is 9.59 Å². The summed E-state index contributed by atoms with van der Waals surface area (Å²) in [5.74, 6) is -0.635. The molecule has 2 amide bonds. The van der Waals surface area contributed by atoms with Crippen molar-refractivity contribution in [2.24, 2.45) is 11.1 Å². The van der Waals surface area contributed by atoms with E-state index in [0.717, 1.165) is 11.5 Å². The van der Waals surface area contributed by atoms with Gasteiger partial charge in [0, 0.05) is 5.41 Å². The first kappa shape index (κ1) is 14.6. The summed E-state index contributed by atoms with van der Waals surface area (Å²) in [4.78, 5) is 23.4. The molecular formula is C12H19N3O2S. The van der Waals surface area contributed by atoms with Crippen LogP contribution in [0.25, 0.3) is 0 Å². The molecule has 1 heterocycles. The lowest BCUT2D eigenvalue weighted by Gasteiger charge is -2.17. The fourth-order valence-electron chi connectivity index (χ4n) is 1.31. The van der Waals surface area contributed by atoms with E-state index in [-0.39, 0.29) is 11.8 Å². The van der Waals surface area contributed by atoms with Crippen molar-refractivity contribution in [2.75, 3.05) is 5.32 Å². The number of rotatable bonds is 3. The Morgan fingerprint density at radius 3 is 2.28 bits per heavy atom. The first-order valence-corrected chi connectivity index (χ1v) is 6.52. The number of aromatic nitrogens is 1. The molecule has 0 aliphatic heterocycles. The lowest BCUT2D eigenvalue weighted by atomic mass is 9.95. The molecule has 0 bridgehead atoms. The third kappa shape index (κ3) is 3.07. The van der Waals surface area contributed by atoms with Crippen molar-refractivity contribution in [2.45, 2.75) is 40.5 Å². The molecule has 0 fully saturated rings. The maximum absolute atomic E-state index is 11.9. The quantitative estimate of drug-likeness (QED) is 0.883. The zero-order valence-corrected chi connectivity index (χ0v) is 12.1. The van der Waals surface area contributed by atoms with Crippen LogP contribution in [-0.4, -0.2) is 16.2 Å². The van der Waals surface area contributed by atoms with Crippen LogP contribution in [0.5, 0.6) is 0 Å². The van der Waals surface area contributed by atoms with Gasteiger partial charge in [0.25, 0.3) is 5.91 Å². The maximum Gasteiger partial charge on any atom is 0.253 e. The zero-order chi connectivity index (χ0) is 14.1. The maximum atomic E-state index is 11.9. The molecule has 1 rings (SSSR count). The average molecular weight is 269 g/mol. The summed E-state index contributed by atoms with van der Waals surface area (Å²) >= 11 is 1.09. The van der Waals surface area contributed by atoms with Gasteiger partial charge >= 0.3 is 0 Å². The van der Waals surface area contributed by atoms with E-state index in [2.05, 4.69) is 9.69 Å². The third-order valence-corrected chi connectivity index (χ3v) is 3.20. The molecule has 100 valence electrons. The second-order valence-electron chi connectivity index (χ2n) is 5.50. The van der Waals surface area contributed by atoms with Crippen molar-refractivity contribution in [1.29, 1.82) is 0 Å². The number of nitrogens with two attached hydrogens (primary N) is 1. The summed E-state index contributed by atoms with van der Waals surface area (Å²) in [7, 11) is 0. The monoisotopic (exact) mass is 269 g/mol. The molecule has 0 aliphatic rings. The van der Waals surface area contributed by atoms with E-state index in [1.54, 1.807) is 20.8 Å². The second kappa shape index (κ2) is 5.06. The number of nitrogens with zero attached hydrogens (tertiary/aromatic N) is 1. The Morgan fingerprint density at radius 2 is 1.89 bits per heavy atom. The van der Waals surface area contributed by atoms with Crippen molar-refractivity contribution in [3.05, 3.63) is 11.3 Å². The average Bonchev–Trinajstić information content (AvgIpc) is 2.59. The van der Waals surface area contributed by atoms with E-state index in [1.165, 1.54) is 0 Å². The molecular weight excluding hydrogens is 250 g/mol. The minimum Gasteiger partial charge on any atom is -0.365 e. The molecule has 6 heteroatoms. The van der Waals surface area contributed by atoms with Crippen molar-refractivity contribution < 1.29 is 9.59 Å². The second-order valence-corrected chi connectivity index (χ2v) is 6.27. The number of hydrogen-bond donors (Lipinski definition) is 2. The molecule has 0 aromatic carbocycles. The standard InChI is InChI=1S/C12H19N3O2S/c1-6(2)8-7(9(13)16)10(18-15-8)14-11(17)12(3,4)5/h6H,1-5H3,(H2,13,16)(H,14,17). The molecule has 0 spiro atoms. The third-order valence-electron chi connectivity index (χ3n) is 2.42. The summed E-state index contributed by atoms with van der Waals surface area (Å²) in [6, 6.07) is 0. The Bertz CT molecular complexity index is 472. The Labute approximate surface area is 111 Å². The molecule has 1 aromatic rings. The predicted molar refractivity (Wildman–Crippen MR) is 72.8 cm³/mol. The molecule has 0 saturated heterocycles. The Hall–Kier alpha value is -1.43. The van der Waals surface area contributed by atoms with Crippen LogP contribution in [0.4, 0.5) is 5.00 Å². The highest BCUT2D eigenvalue weighted by Crippen LogP contribution is 2.30. The van der Waals surface area contributed by atoms with Crippen molar-refractivity contribution in [1.82, 2.24) is 4.37 Å². The summed E-state index contributed by atoms with van der Waals surface area (Å²) in [5, 5.41) is 3.16. The van der Waals surface area contributed by atoms with Gasteiger partial charge in [-0.3, -0.25) is 9.59 Å². The van der Waals surface area contributed by atoms with Gasteiger partial charge in [0.05, 0.1) is 11.3 Å². The highest BCUT2D eigenvalue weighted by atomic mass is 32.1. The number of carbonyl (C=O) groups excluding carboxylic acids is 2. The van der Waals surface area contributed by atoms with Crippen LogP contribution in [-0.2, 0) is 4.79 Å². The Morgan fingerprint density at radius 1 is 1.33 bits per heavy atom. The van der Waals surface area contributed by atoms with Crippen molar-refractivity contribution in [3.8, 4) is 0 Å². The van der Waals surface area contributed by atoms with E-state index in [0.29, 0.717) is 16.3 Å². The van der Waals surface area contributed by atoms with Gasteiger partial charge in [-0.05, 0) is 17.5 Å². The van der Waals surface area contributed by atoms with Gasteiger partial charge < -0.3 is 11.1 Å². The molecule has 0 unspecified atom stereocenters. The lowest BCUT2D eigenvalue weighted by molar-refractivity contribution is -0.123. The van der Waals surface area contributed by atoms with E-state index in [4.69, 9.17) is 5.73 Å². The van der Waals surface area contributed by atoms with Crippen LogP contribution in [0, 0.1) is 5.41 Å². The molecule has 5 nitrogen and oxygen atoms in total. The van der Waals surface area contributed by atoms with Gasteiger partial charge in [-0.1, -0.05) is 34.6 Å². The van der Waals surface area contributed by atoms with Gasteiger partial charge in [-0.25, -0.2) is 0 Å². The SMILES string of the molecule is CC(C)c1nsc(NC(=O)C(C)(C)C)c1C(N)=O. The van der Waals surface area contributed by atoms with Crippen LogP contribution in [0.2, 0.25) is 0 Å². The normalized spacial score (nSPS) is 11.7. The molecule has 0 atom stereocenters. The fourth-order valence-corrected chi connectivity index (χ4v) is 2.24. The molecule has 1 aromatic heterocycles. The molecule has 0 aliphatic carbocycles. The lowest BCUT2D eigenvalue weighted by Crippen LogP contribution is -2.28. The zero-order valence-electron chi connectivity index (χ0n) is 11.3. The van der Waals surface area contributed by atoms with Gasteiger partial charge in [0.1, 0.15) is 5.00 Å². The highest BCUT2D eigenvalue weighted by molar-refractivity contribution is 7.11. The van der Waals surface area contributed by atoms with Crippen molar-refractivity contribution in [3.63, 3.8) is 0 Å². The molecule has 3 N–H and O–H groups in total.